The van der Waals surface area contributed by atoms with E-state index in [1.165, 1.54) is 6.92 Å². The molecule has 230 valence electrons. The number of anilines is 1. The lowest BCUT2D eigenvalue weighted by Gasteiger charge is -2.19. The van der Waals surface area contributed by atoms with Crippen molar-refractivity contribution in [2.24, 2.45) is 0 Å². The molecule has 1 unspecified atom stereocenters. The van der Waals surface area contributed by atoms with Crippen molar-refractivity contribution >= 4 is 17.5 Å². The van der Waals surface area contributed by atoms with Crippen LogP contribution < -0.4 is 35.6 Å². The summed E-state index contributed by atoms with van der Waals surface area (Å²) in [7, 11) is 4.67. The number of hydrogen-bond acceptors (Lipinski definition) is 8. The van der Waals surface area contributed by atoms with E-state index in [0.29, 0.717) is 60.7 Å². The number of aromatic nitrogens is 2. The molecule has 1 aliphatic carbocycles. The quantitative estimate of drug-likeness (QED) is 0.234. The van der Waals surface area contributed by atoms with Crippen molar-refractivity contribution < 1.29 is 23.8 Å². The monoisotopic (exact) mass is 591 g/mol. The number of nitrogens with one attached hydrogen (secondary N) is 4. The van der Waals surface area contributed by atoms with Crippen LogP contribution in [-0.2, 0) is 22.4 Å². The van der Waals surface area contributed by atoms with Crippen molar-refractivity contribution in [3.8, 4) is 28.4 Å². The summed E-state index contributed by atoms with van der Waals surface area (Å²) >= 11 is 0. The van der Waals surface area contributed by atoms with Gasteiger partial charge in [0.25, 0.3) is 0 Å². The topological polar surface area (TPSA) is 144 Å². The molecule has 0 bridgehead atoms. The van der Waals surface area contributed by atoms with Crippen LogP contribution in [-0.4, -0.2) is 55.7 Å². The molecule has 2 aromatic carbocycles. The van der Waals surface area contributed by atoms with Gasteiger partial charge in [0.15, 0.2) is 11.5 Å². The Labute approximate surface area is 251 Å². The largest absolute Gasteiger partial charge is 0.493 e. The Hall–Kier alpha value is -4.54. The number of hydrogen-bond donors (Lipinski definition) is 4. The molecule has 4 N–H and O–H groups in total. The van der Waals surface area contributed by atoms with E-state index < -0.39 is 12.1 Å². The Balaban J connectivity index is 1.76. The molecule has 4 rings (SSSR count). The maximum Gasteiger partial charge on any atom is 0.242 e. The molecule has 2 atom stereocenters. The number of imidazole rings is 1. The number of rotatable bonds is 13. The molecule has 0 spiro atoms. The second-order valence-corrected chi connectivity index (χ2v) is 10.6. The van der Waals surface area contributed by atoms with E-state index in [0.717, 1.165) is 35.2 Å². The number of aromatic amines is 1. The average molecular weight is 592 g/mol. The fourth-order valence-electron chi connectivity index (χ4n) is 5.56. The van der Waals surface area contributed by atoms with Crippen LogP contribution in [0, 0.1) is 0 Å². The summed E-state index contributed by atoms with van der Waals surface area (Å²) in [6.45, 7) is 3.95. The van der Waals surface area contributed by atoms with E-state index in [2.05, 4.69) is 32.8 Å². The van der Waals surface area contributed by atoms with Crippen LogP contribution in [0.25, 0.3) is 11.1 Å². The van der Waals surface area contributed by atoms with E-state index in [1.807, 2.05) is 12.1 Å². The highest BCUT2D eigenvalue weighted by molar-refractivity contribution is 5.86. The molecule has 0 aliphatic heterocycles. The molecule has 3 aromatic rings. The molecule has 1 aromatic heterocycles. The summed E-state index contributed by atoms with van der Waals surface area (Å²) in [5.41, 5.74) is 4.02. The van der Waals surface area contributed by atoms with Gasteiger partial charge in [-0.3, -0.25) is 14.4 Å². The van der Waals surface area contributed by atoms with Crippen LogP contribution in [0.4, 0.5) is 5.69 Å². The molecule has 0 radical (unpaired) electrons. The summed E-state index contributed by atoms with van der Waals surface area (Å²) in [5.74, 6) is 1.06. The zero-order valence-electron chi connectivity index (χ0n) is 25.5. The minimum Gasteiger partial charge on any atom is -0.493 e. The minimum absolute atomic E-state index is 0.180. The van der Waals surface area contributed by atoms with Crippen molar-refractivity contribution in [2.45, 2.75) is 64.5 Å². The highest BCUT2D eigenvalue weighted by atomic mass is 16.5. The Kier molecular flexibility index (Phi) is 10.6. The Bertz CT molecular complexity index is 1490. The van der Waals surface area contributed by atoms with Crippen molar-refractivity contribution in [1.82, 2.24) is 20.6 Å². The lowest BCUT2D eigenvalue weighted by molar-refractivity contribution is -0.122. The second-order valence-electron chi connectivity index (χ2n) is 10.6. The van der Waals surface area contributed by atoms with Gasteiger partial charge in [-0.25, -0.2) is 4.98 Å². The first-order valence-corrected chi connectivity index (χ1v) is 14.6. The lowest BCUT2D eigenvalue weighted by atomic mass is 9.95. The molecule has 11 nitrogen and oxygen atoms in total. The standard InChI is InChI=1S/C32H41N5O6/c1-6-7-8-26(32(40)34-14-13-21-17-33-18-35-21)37-25-12-10-22-23(16-27(25)39)24(36-19(2)38)11-9-20-15-28(41-3)30(42-4)31(43-5)29(20)22/h10,12,15-18,24,26H,6-9,11,13-14H2,1-5H3,(H,33,35)(H,34,40)(H,36,38)(H,37,39)/t24-,26?/m0/s1. The van der Waals surface area contributed by atoms with E-state index in [4.69, 9.17) is 14.2 Å². The van der Waals surface area contributed by atoms with Gasteiger partial charge in [-0.2, -0.15) is 0 Å². The van der Waals surface area contributed by atoms with Gasteiger partial charge < -0.3 is 35.1 Å². The molecule has 1 aliphatic rings. The van der Waals surface area contributed by atoms with E-state index >= 15 is 0 Å². The predicted octanol–water partition coefficient (Wildman–Crippen LogP) is 3.92. The van der Waals surface area contributed by atoms with Gasteiger partial charge >= 0.3 is 0 Å². The third-order valence-electron chi connectivity index (χ3n) is 7.66. The average Bonchev–Trinajstić information content (AvgIpc) is 3.41. The van der Waals surface area contributed by atoms with E-state index in [9.17, 15) is 14.4 Å². The van der Waals surface area contributed by atoms with Crippen LogP contribution in [0.2, 0.25) is 0 Å². The minimum atomic E-state index is -0.603. The number of unbranched alkanes of at least 4 members (excludes halogenated alkanes) is 1. The summed E-state index contributed by atoms with van der Waals surface area (Å²) < 4.78 is 17.1. The van der Waals surface area contributed by atoms with Crippen LogP contribution in [0.5, 0.6) is 17.2 Å². The SMILES string of the molecule is CCCCC(Nc1ccc2c(cc1=O)[C@@H](NC(C)=O)CCc1cc(OC)c(OC)c(OC)c1-2)C(=O)NCCc1cnc[nH]1. The van der Waals surface area contributed by atoms with Crippen LogP contribution in [0.15, 0.2) is 41.6 Å². The van der Waals surface area contributed by atoms with Crippen molar-refractivity contribution in [3.63, 3.8) is 0 Å². The van der Waals surface area contributed by atoms with Gasteiger partial charge in [-0.1, -0.05) is 25.8 Å². The van der Waals surface area contributed by atoms with E-state index in [-0.39, 0.29) is 17.2 Å². The zero-order chi connectivity index (χ0) is 30.9. The van der Waals surface area contributed by atoms with Crippen LogP contribution in [0.1, 0.15) is 62.4 Å². The predicted molar refractivity (Wildman–Crippen MR) is 165 cm³/mol. The first kappa shape index (κ1) is 31.4. The summed E-state index contributed by atoms with van der Waals surface area (Å²) in [4.78, 5) is 46.2. The Morgan fingerprint density at radius 3 is 2.56 bits per heavy atom. The first-order chi connectivity index (χ1) is 20.8. The molecular formula is C32H41N5O6. The number of fused-ring (bicyclic) bond motifs is 3. The number of carbonyl (C=O) groups is 2. The summed E-state index contributed by atoms with van der Waals surface area (Å²) in [6, 6.07) is 5.99. The zero-order valence-corrected chi connectivity index (χ0v) is 25.5. The smallest absolute Gasteiger partial charge is 0.242 e. The molecule has 11 heteroatoms. The Morgan fingerprint density at radius 1 is 1.12 bits per heavy atom. The first-order valence-electron chi connectivity index (χ1n) is 14.6. The van der Waals surface area contributed by atoms with Gasteiger partial charge in [-0.15, -0.1) is 0 Å². The second kappa shape index (κ2) is 14.6. The highest BCUT2D eigenvalue weighted by Crippen LogP contribution is 2.50. The molecule has 0 fully saturated rings. The van der Waals surface area contributed by atoms with Gasteiger partial charge in [0.1, 0.15) is 6.04 Å². The van der Waals surface area contributed by atoms with Gasteiger partial charge in [-0.05, 0) is 54.2 Å². The number of carbonyl (C=O) groups excluding carboxylic acids is 2. The van der Waals surface area contributed by atoms with Gasteiger partial charge in [0, 0.05) is 37.3 Å². The van der Waals surface area contributed by atoms with Gasteiger partial charge in [0.2, 0.25) is 23.0 Å². The number of benzene rings is 1. The molecule has 0 saturated carbocycles. The number of H-pyrrole nitrogens is 1. The van der Waals surface area contributed by atoms with Crippen LogP contribution >= 0.6 is 0 Å². The van der Waals surface area contributed by atoms with Crippen molar-refractivity contribution in [1.29, 1.82) is 0 Å². The Morgan fingerprint density at radius 2 is 1.91 bits per heavy atom. The maximum absolute atomic E-state index is 13.7. The third-order valence-corrected chi connectivity index (χ3v) is 7.66. The van der Waals surface area contributed by atoms with Crippen molar-refractivity contribution in [2.75, 3.05) is 33.2 Å². The summed E-state index contributed by atoms with van der Waals surface area (Å²) in [6.07, 6.45) is 7.39. The molecule has 1 heterocycles. The number of methoxy groups -OCH3 is 3. The van der Waals surface area contributed by atoms with Crippen LogP contribution in [0.3, 0.4) is 0 Å². The number of aryl methyl sites for hydroxylation is 1. The normalized spacial score (nSPS) is 14.4. The maximum atomic E-state index is 13.7. The van der Waals surface area contributed by atoms with Gasteiger partial charge in [0.05, 0.1) is 39.4 Å². The number of ether oxygens (including phenoxy) is 3. The lowest BCUT2D eigenvalue weighted by Crippen LogP contribution is -2.41. The summed E-state index contributed by atoms with van der Waals surface area (Å²) in [5, 5.41) is 9.22. The third kappa shape index (κ3) is 7.28. The fraction of sp³-hybridized carbons (Fsp3) is 0.438. The van der Waals surface area contributed by atoms with E-state index in [1.54, 1.807) is 46.0 Å². The van der Waals surface area contributed by atoms with Crippen molar-refractivity contribution in [3.05, 3.63) is 63.8 Å². The molecular weight excluding hydrogens is 550 g/mol. The highest BCUT2D eigenvalue weighted by Gasteiger charge is 2.30. The number of amides is 2. The molecule has 2 amide bonds. The molecule has 43 heavy (non-hydrogen) atoms. The number of nitrogens with zero attached hydrogens (tertiary/aromatic N) is 1. The molecule has 0 saturated heterocycles. The fourth-order valence-corrected chi connectivity index (χ4v) is 5.56.